The van der Waals surface area contributed by atoms with E-state index in [4.69, 9.17) is 9.52 Å². The Balaban J connectivity index is 2.52. The highest BCUT2D eigenvalue weighted by molar-refractivity contribution is 5.69. The molecule has 4 heteroatoms. The number of carboxylic acids is 1. The van der Waals surface area contributed by atoms with Gasteiger partial charge in [-0.2, -0.15) is 0 Å². The van der Waals surface area contributed by atoms with Gasteiger partial charge in [0, 0.05) is 0 Å². The molecular weight excluding hydrogens is 182 g/mol. The normalized spacial score (nSPS) is 10.8. The van der Waals surface area contributed by atoms with Crippen LogP contribution in [0.2, 0.25) is 0 Å². The molecule has 0 bridgehead atoms. The lowest BCUT2D eigenvalue weighted by Gasteiger charge is -2.15. The summed E-state index contributed by atoms with van der Waals surface area (Å²) in [5.41, 5.74) is 0. The first-order chi connectivity index (χ1) is 6.61. The standard InChI is InChI=1S/C10H15NO3/c1-3-11(7-10(12)13)6-9-5-4-8(2)14-9/h4-5H,3,6-7H2,1-2H3,(H,12,13). The van der Waals surface area contributed by atoms with Gasteiger partial charge in [-0.3, -0.25) is 9.69 Å². The third kappa shape index (κ3) is 3.22. The highest BCUT2D eigenvalue weighted by Crippen LogP contribution is 2.09. The van der Waals surface area contributed by atoms with E-state index in [0.717, 1.165) is 11.5 Å². The lowest BCUT2D eigenvalue weighted by molar-refractivity contribution is -0.138. The van der Waals surface area contributed by atoms with Crippen molar-refractivity contribution in [2.24, 2.45) is 0 Å². The summed E-state index contributed by atoms with van der Waals surface area (Å²) in [5.74, 6) is 0.854. The average molecular weight is 197 g/mol. The van der Waals surface area contributed by atoms with Gasteiger partial charge in [0.05, 0.1) is 13.1 Å². The van der Waals surface area contributed by atoms with Gasteiger partial charge >= 0.3 is 5.97 Å². The molecule has 0 radical (unpaired) electrons. The summed E-state index contributed by atoms with van der Waals surface area (Å²) in [5, 5.41) is 8.63. The Bertz CT molecular complexity index is 306. The van der Waals surface area contributed by atoms with Crippen molar-refractivity contribution in [2.75, 3.05) is 13.1 Å². The van der Waals surface area contributed by atoms with Crippen molar-refractivity contribution in [1.29, 1.82) is 0 Å². The van der Waals surface area contributed by atoms with Gasteiger partial charge in [-0.15, -0.1) is 0 Å². The lowest BCUT2D eigenvalue weighted by atomic mass is 10.4. The summed E-state index contributed by atoms with van der Waals surface area (Å²) in [4.78, 5) is 12.3. The molecule has 14 heavy (non-hydrogen) atoms. The second-order valence-corrected chi connectivity index (χ2v) is 3.21. The maximum absolute atomic E-state index is 10.5. The van der Waals surface area contributed by atoms with E-state index in [2.05, 4.69) is 0 Å². The van der Waals surface area contributed by atoms with Crippen LogP contribution in [0.25, 0.3) is 0 Å². The highest BCUT2D eigenvalue weighted by Gasteiger charge is 2.09. The van der Waals surface area contributed by atoms with E-state index >= 15 is 0 Å². The quantitative estimate of drug-likeness (QED) is 0.777. The van der Waals surface area contributed by atoms with Crippen LogP contribution in [0.15, 0.2) is 16.5 Å². The minimum atomic E-state index is -0.810. The first kappa shape index (κ1) is 10.8. The summed E-state index contributed by atoms with van der Waals surface area (Å²) in [7, 11) is 0. The van der Waals surface area contributed by atoms with E-state index in [-0.39, 0.29) is 6.54 Å². The van der Waals surface area contributed by atoms with Crippen molar-refractivity contribution in [3.05, 3.63) is 23.7 Å². The fraction of sp³-hybridized carbons (Fsp3) is 0.500. The molecule has 0 fully saturated rings. The Hall–Kier alpha value is -1.29. The SMILES string of the molecule is CCN(CC(=O)O)Cc1ccc(C)o1. The monoisotopic (exact) mass is 197 g/mol. The molecule has 0 spiro atoms. The second kappa shape index (κ2) is 4.81. The van der Waals surface area contributed by atoms with Crippen LogP contribution in [0.5, 0.6) is 0 Å². The molecule has 78 valence electrons. The van der Waals surface area contributed by atoms with Crippen molar-refractivity contribution in [2.45, 2.75) is 20.4 Å². The molecule has 0 unspecified atom stereocenters. The highest BCUT2D eigenvalue weighted by atomic mass is 16.4. The molecule has 1 heterocycles. The zero-order valence-corrected chi connectivity index (χ0v) is 8.49. The third-order valence-electron chi connectivity index (χ3n) is 1.98. The van der Waals surface area contributed by atoms with E-state index in [1.165, 1.54) is 0 Å². The summed E-state index contributed by atoms with van der Waals surface area (Å²) >= 11 is 0. The van der Waals surface area contributed by atoms with Crippen molar-refractivity contribution >= 4 is 5.97 Å². The van der Waals surface area contributed by atoms with E-state index in [0.29, 0.717) is 13.1 Å². The predicted octanol–water partition coefficient (Wildman–Crippen LogP) is 1.49. The molecule has 0 aliphatic rings. The third-order valence-corrected chi connectivity index (χ3v) is 1.98. The largest absolute Gasteiger partial charge is 0.480 e. The average Bonchev–Trinajstić information content (AvgIpc) is 2.49. The zero-order valence-electron chi connectivity index (χ0n) is 8.49. The molecule has 1 N–H and O–H groups in total. The predicted molar refractivity (Wildman–Crippen MR) is 52.0 cm³/mol. The summed E-state index contributed by atoms with van der Waals surface area (Å²) in [6, 6.07) is 3.75. The molecular formula is C10H15NO3. The Kier molecular flexibility index (Phi) is 3.71. The number of rotatable bonds is 5. The van der Waals surface area contributed by atoms with Crippen LogP contribution in [0.4, 0.5) is 0 Å². The molecule has 0 saturated carbocycles. The van der Waals surface area contributed by atoms with Crippen molar-refractivity contribution in [1.82, 2.24) is 4.90 Å². The molecule has 0 aromatic carbocycles. The lowest BCUT2D eigenvalue weighted by Crippen LogP contribution is -2.28. The minimum absolute atomic E-state index is 0.0518. The Morgan fingerprint density at radius 1 is 1.57 bits per heavy atom. The van der Waals surface area contributed by atoms with E-state index < -0.39 is 5.97 Å². The van der Waals surface area contributed by atoms with Crippen molar-refractivity contribution < 1.29 is 14.3 Å². The molecule has 0 aliphatic carbocycles. The van der Waals surface area contributed by atoms with Gasteiger partial charge in [0.2, 0.25) is 0 Å². The van der Waals surface area contributed by atoms with E-state index in [1.54, 1.807) is 4.90 Å². The van der Waals surface area contributed by atoms with Crippen LogP contribution in [-0.2, 0) is 11.3 Å². The van der Waals surface area contributed by atoms with Gasteiger partial charge in [0.15, 0.2) is 0 Å². The molecule has 1 aromatic rings. The van der Waals surface area contributed by atoms with Gasteiger partial charge in [0.1, 0.15) is 11.5 Å². The van der Waals surface area contributed by atoms with Crippen LogP contribution in [0.3, 0.4) is 0 Å². The maximum Gasteiger partial charge on any atom is 0.317 e. The van der Waals surface area contributed by atoms with Gasteiger partial charge in [0.25, 0.3) is 0 Å². The first-order valence-corrected chi connectivity index (χ1v) is 4.61. The number of furan rings is 1. The first-order valence-electron chi connectivity index (χ1n) is 4.61. The fourth-order valence-electron chi connectivity index (χ4n) is 1.26. The van der Waals surface area contributed by atoms with Crippen molar-refractivity contribution in [3.63, 3.8) is 0 Å². The van der Waals surface area contributed by atoms with E-state index in [1.807, 2.05) is 26.0 Å². The number of carbonyl (C=O) groups is 1. The minimum Gasteiger partial charge on any atom is -0.480 e. The topological polar surface area (TPSA) is 53.7 Å². The number of aryl methyl sites for hydroxylation is 1. The number of carboxylic acid groups (broad SMARTS) is 1. The van der Waals surface area contributed by atoms with Gasteiger partial charge < -0.3 is 9.52 Å². The zero-order chi connectivity index (χ0) is 10.6. The number of nitrogens with zero attached hydrogens (tertiary/aromatic N) is 1. The van der Waals surface area contributed by atoms with Gasteiger partial charge in [-0.25, -0.2) is 0 Å². The summed E-state index contributed by atoms with van der Waals surface area (Å²) < 4.78 is 5.36. The van der Waals surface area contributed by atoms with Gasteiger partial charge in [-0.1, -0.05) is 6.92 Å². The van der Waals surface area contributed by atoms with Crippen LogP contribution in [0, 0.1) is 6.92 Å². The van der Waals surface area contributed by atoms with Crippen LogP contribution < -0.4 is 0 Å². The Morgan fingerprint density at radius 3 is 2.71 bits per heavy atom. The smallest absolute Gasteiger partial charge is 0.317 e. The maximum atomic E-state index is 10.5. The van der Waals surface area contributed by atoms with Gasteiger partial charge in [-0.05, 0) is 25.6 Å². The van der Waals surface area contributed by atoms with E-state index in [9.17, 15) is 4.79 Å². The van der Waals surface area contributed by atoms with Crippen LogP contribution >= 0.6 is 0 Å². The number of hydrogen-bond acceptors (Lipinski definition) is 3. The molecule has 0 aliphatic heterocycles. The molecule has 0 atom stereocenters. The Labute approximate surface area is 83.1 Å². The fourth-order valence-corrected chi connectivity index (χ4v) is 1.26. The number of hydrogen-bond donors (Lipinski definition) is 1. The number of aliphatic carboxylic acids is 1. The second-order valence-electron chi connectivity index (χ2n) is 3.21. The van der Waals surface area contributed by atoms with Crippen molar-refractivity contribution in [3.8, 4) is 0 Å². The van der Waals surface area contributed by atoms with Crippen LogP contribution in [-0.4, -0.2) is 29.1 Å². The molecule has 4 nitrogen and oxygen atoms in total. The van der Waals surface area contributed by atoms with Crippen LogP contribution in [0.1, 0.15) is 18.4 Å². The molecule has 0 saturated heterocycles. The molecule has 1 aromatic heterocycles. The number of likely N-dealkylation sites (N-methyl/N-ethyl adjacent to an activating group) is 1. The summed E-state index contributed by atoms with van der Waals surface area (Å²) in [6.07, 6.45) is 0. The summed E-state index contributed by atoms with van der Waals surface area (Å²) in [6.45, 7) is 5.11. The molecule has 1 rings (SSSR count). The Morgan fingerprint density at radius 2 is 2.29 bits per heavy atom. The molecule has 0 amide bonds.